The first-order chi connectivity index (χ1) is 13.8. The molecule has 1 aliphatic carbocycles. The molecule has 0 saturated heterocycles. The molecule has 0 aliphatic heterocycles. The highest BCUT2D eigenvalue weighted by molar-refractivity contribution is 7.92. The molecular formula is C19H18F3N3O2S2. The van der Waals surface area contributed by atoms with Crippen LogP contribution < -0.4 is 4.72 Å². The third-order valence-corrected chi connectivity index (χ3v) is 7.16. The van der Waals surface area contributed by atoms with Crippen LogP contribution in [-0.2, 0) is 16.2 Å². The summed E-state index contributed by atoms with van der Waals surface area (Å²) < 4.78 is 69.8. The quantitative estimate of drug-likeness (QED) is 0.565. The summed E-state index contributed by atoms with van der Waals surface area (Å²) in [6.07, 6.45) is 0.633. The smallest absolute Gasteiger partial charge is 0.279 e. The van der Waals surface area contributed by atoms with Crippen molar-refractivity contribution in [2.45, 2.75) is 42.8 Å². The summed E-state index contributed by atoms with van der Waals surface area (Å²) in [5, 5.41) is 6.30. The van der Waals surface area contributed by atoms with Crippen LogP contribution in [0.3, 0.4) is 0 Å². The van der Waals surface area contributed by atoms with Gasteiger partial charge in [-0.25, -0.2) is 8.42 Å². The molecule has 5 nitrogen and oxygen atoms in total. The van der Waals surface area contributed by atoms with Gasteiger partial charge in [-0.2, -0.15) is 18.3 Å². The standard InChI is InChI=1S/C19H18F3N3O2S2/c20-19(21,22)14-8-3-4-9-15(14)24-29(26,27)17-12-25(13-6-1-2-7-13)23-18(17)16-10-5-11-28-16/h3-5,8-13,24H,1-2,6-7H2. The fraction of sp³-hybridized carbons (Fsp3) is 0.316. The van der Waals surface area contributed by atoms with Crippen LogP contribution in [0.15, 0.2) is 52.9 Å². The van der Waals surface area contributed by atoms with Gasteiger partial charge < -0.3 is 0 Å². The van der Waals surface area contributed by atoms with E-state index in [0.29, 0.717) is 4.88 Å². The number of nitrogens with zero attached hydrogens (tertiary/aromatic N) is 2. The van der Waals surface area contributed by atoms with Gasteiger partial charge in [0, 0.05) is 6.20 Å². The topological polar surface area (TPSA) is 64.0 Å². The van der Waals surface area contributed by atoms with Crippen LogP contribution in [0.4, 0.5) is 18.9 Å². The molecule has 2 heterocycles. The Morgan fingerprint density at radius 1 is 1.10 bits per heavy atom. The number of thiophene rings is 1. The summed E-state index contributed by atoms with van der Waals surface area (Å²) in [6, 6.07) is 8.14. The number of anilines is 1. The fourth-order valence-electron chi connectivity index (χ4n) is 3.53. The maximum atomic E-state index is 13.3. The monoisotopic (exact) mass is 441 g/mol. The lowest BCUT2D eigenvalue weighted by Crippen LogP contribution is -2.17. The lowest BCUT2D eigenvalue weighted by Gasteiger charge is -2.14. The second kappa shape index (κ2) is 7.49. The Morgan fingerprint density at radius 3 is 2.48 bits per heavy atom. The molecule has 0 spiro atoms. The van der Waals surface area contributed by atoms with E-state index < -0.39 is 27.5 Å². The highest BCUT2D eigenvalue weighted by atomic mass is 32.2. The van der Waals surface area contributed by atoms with Crippen molar-refractivity contribution in [1.82, 2.24) is 9.78 Å². The van der Waals surface area contributed by atoms with E-state index in [9.17, 15) is 21.6 Å². The minimum absolute atomic E-state index is 0.0973. The Kier molecular flexibility index (Phi) is 5.16. The van der Waals surface area contributed by atoms with Gasteiger partial charge in [-0.05, 0) is 36.4 Å². The van der Waals surface area contributed by atoms with Crippen molar-refractivity contribution >= 4 is 27.0 Å². The van der Waals surface area contributed by atoms with Crippen LogP contribution in [0.2, 0.25) is 0 Å². The molecule has 0 amide bonds. The molecule has 1 saturated carbocycles. The zero-order chi connectivity index (χ0) is 20.6. The van der Waals surface area contributed by atoms with Crippen molar-refractivity contribution in [2.75, 3.05) is 4.72 Å². The predicted octanol–water partition coefficient (Wildman–Crippen LogP) is 5.55. The molecule has 1 aliphatic rings. The third-order valence-electron chi connectivity index (χ3n) is 4.92. The molecule has 1 fully saturated rings. The number of halogens is 3. The molecular weight excluding hydrogens is 423 g/mol. The van der Waals surface area contributed by atoms with E-state index >= 15 is 0 Å². The molecule has 1 aromatic carbocycles. The Balaban J connectivity index is 1.77. The molecule has 10 heteroatoms. The number of benzene rings is 1. The van der Waals surface area contributed by atoms with Crippen LogP contribution >= 0.6 is 11.3 Å². The minimum Gasteiger partial charge on any atom is -0.279 e. The molecule has 29 heavy (non-hydrogen) atoms. The number of rotatable bonds is 5. The molecule has 2 aromatic heterocycles. The summed E-state index contributed by atoms with van der Waals surface area (Å²) in [5.74, 6) is 0. The van der Waals surface area contributed by atoms with E-state index in [0.717, 1.165) is 37.8 Å². The van der Waals surface area contributed by atoms with E-state index in [1.807, 2.05) is 0 Å². The largest absolute Gasteiger partial charge is 0.418 e. The number of hydrogen-bond donors (Lipinski definition) is 1. The maximum Gasteiger partial charge on any atom is 0.418 e. The van der Waals surface area contributed by atoms with Crippen molar-refractivity contribution in [1.29, 1.82) is 0 Å². The van der Waals surface area contributed by atoms with Crippen LogP contribution in [0.25, 0.3) is 10.6 Å². The first-order valence-electron chi connectivity index (χ1n) is 9.08. The highest BCUT2D eigenvalue weighted by Crippen LogP contribution is 2.38. The van der Waals surface area contributed by atoms with E-state index in [1.54, 1.807) is 22.2 Å². The fourth-order valence-corrected chi connectivity index (χ4v) is 5.55. The van der Waals surface area contributed by atoms with Gasteiger partial charge in [-0.3, -0.25) is 9.40 Å². The molecule has 4 rings (SSSR count). The predicted molar refractivity (Wildman–Crippen MR) is 105 cm³/mol. The van der Waals surface area contributed by atoms with Crippen molar-refractivity contribution in [3.63, 3.8) is 0 Å². The van der Waals surface area contributed by atoms with Crippen LogP contribution in [0.1, 0.15) is 37.3 Å². The third kappa shape index (κ3) is 4.04. The number of aromatic nitrogens is 2. The van der Waals surface area contributed by atoms with E-state index in [1.165, 1.54) is 29.7 Å². The highest BCUT2D eigenvalue weighted by Gasteiger charge is 2.35. The minimum atomic E-state index is -4.68. The van der Waals surface area contributed by atoms with Crippen LogP contribution in [0.5, 0.6) is 0 Å². The van der Waals surface area contributed by atoms with Gasteiger partial charge in [-0.15, -0.1) is 11.3 Å². The molecule has 1 N–H and O–H groups in total. The Bertz CT molecular complexity index is 1100. The van der Waals surface area contributed by atoms with Gasteiger partial charge >= 0.3 is 6.18 Å². The van der Waals surface area contributed by atoms with Crippen molar-refractivity contribution in [3.05, 3.63) is 53.5 Å². The summed E-state index contributed by atoms with van der Waals surface area (Å²) in [4.78, 5) is 0.523. The average molecular weight is 442 g/mol. The Hall–Kier alpha value is -2.33. The van der Waals surface area contributed by atoms with E-state index in [4.69, 9.17) is 0 Å². The van der Waals surface area contributed by atoms with Gasteiger partial charge in [0.05, 0.1) is 22.2 Å². The summed E-state index contributed by atoms with van der Waals surface area (Å²) in [6.45, 7) is 0. The normalized spacial score (nSPS) is 15.7. The van der Waals surface area contributed by atoms with E-state index in [-0.39, 0.29) is 16.6 Å². The summed E-state index contributed by atoms with van der Waals surface area (Å²) >= 11 is 1.33. The number of hydrogen-bond acceptors (Lipinski definition) is 4. The first kappa shape index (κ1) is 20.0. The van der Waals surface area contributed by atoms with Crippen LogP contribution in [-0.4, -0.2) is 18.2 Å². The van der Waals surface area contributed by atoms with Crippen molar-refractivity contribution in [3.8, 4) is 10.6 Å². The number of alkyl halides is 3. The molecule has 154 valence electrons. The number of para-hydroxylation sites is 1. The molecule has 0 unspecified atom stereocenters. The Labute approximate surface area is 170 Å². The maximum absolute atomic E-state index is 13.3. The first-order valence-corrected chi connectivity index (χ1v) is 11.4. The number of nitrogens with one attached hydrogen (secondary N) is 1. The average Bonchev–Trinajstić information content (AvgIpc) is 3.40. The summed E-state index contributed by atoms with van der Waals surface area (Å²) in [7, 11) is -4.29. The van der Waals surface area contributed by atoms with Crippen molar-refractivity contribution < 1.29 is 21.6 Å². The zero-order valence-corrected chi connectivity index (χ0v) is 16.8. The lowest BCUT2D eigenvalue weighted by atomic mass is 10.2. The van der Waals surface area contributed by atoms with E-state index in [2.05, 4.69) is 9.82 Å². The zero-order valence-electron chi connectivity index (χ0n) is 15.2. The lowest BCUT2D eigenvalue weighted by molar-refractivity contribution is -0.136. The van der Waals surface area contributed by atoms with Gasteiger partial charge in [0.2, 0.25) is 0 Å². The van der Waals surface area contributed by atoms with Crippen molar-refractivity contribution in [2.24, 2.45) is 0 Å². The van der Waals surface area contributed by atoms with Crippen LogP contribution in [0, 0.1) is 0 Å². The number of sulfonamides is 1. The van der Waals surface area contributed by atoms with Gasteiger partial charge in [0.1, 0.15) is 10.6 Å². The van der Waals surface area contributed by atoms with Gasteiger partial charge in [0.25, 0.3) is 10.0 Å². The molecule has 0 radical (unpaired) electrons. The molecule has 0 atom stereocenters. The van der Waals surface area contributed by atoms with Gasteiger partial charge in [-0.1, -0.05) is 31.0 Å². The summed E-state index contributed by atoms with van der Waals surface area (Å²) in [5.41, 5.74) is -1.29. The Morgan fingerprint density at radius 2 is 1.83 bits per heavy atom. The van der Waals surface area contributed by atoms with Gasteiger partial charge in [0.15, 0.2) is 0 Å². The molecule has 3 aromatic rings. The molecule has 0 bridgehead atoms. The second-order valence-corrected chi connectivity index (χ2v) is 9.48. The SMILES string of the molecule is O=S(=O)(Nc1ccccc1C(F)(F)F)c1cn(C2CCCC2)nc1-c1cccs1. The second-order valence-electron chi connectivity index (χ2n) is 6.89.